The minimum atomic E-state index is -0.471. The molecule has 0 N–H and O–H groups in total. The van der Waals surface area contributed by atoms with Crippen molar-refractivity contribution in [1.82, 2.24) is 0 Å². The standard InChI is InChI=1S/C25H44O4/c1-4-6-8-10-12-14-19-28-24(26)22-18-16-17-21(3)23(22)25(27)29-20-15-13-11-9-7-5-2/h17,22-23H,4-16,18-20H2,1-3H3. The van der Waals surface area contributed by atoms with Crippen LogP contribution in [0.25, 0.3) is 0 Å². The van der Waals surface area contributed by atoms with Crippen molar-refractivity contribution in [2.24, 2.45) is 11.8 Å². The minimum absolute atomic E-state index is 0.229. The van der Waals surface area contributed by atoms with Gasteiger partial charge in [-0.1, -0.05) is 89.7 Å². The molecule has 4 heteroatoms. The molecular weight excluding hydrogens is 364 g/mol. The fraction of sp³-hybridized carbons (Fsp3) is 0.840. The van der Waals surface area contributed by atoms with Crippen LogP contribution in [0.4, 0.5) is 0 Å². The van der Waals surface area contributed by atoms with E-state index in [1.165, 1.54) is 51.4 Å². The van der Waals surface area contributed by atoms with Gasteiger partial charge in [-0.25, -0.2) is 0 Å². The summed E-state index contributed by atoms with van der Waals surface area (Å²) in [6, 6.07) is 0. The predicted molar refractivity (Wildman–Crippen MR) is 119 cm³/mol. The quantitative estimate of drug-likeness (QED) is 0.161. The highest BCUT2D eigenvalue weighted by Gasteiger charge is 2.38. The van der Waals surface area contributed by atoms with E-state index in [-0.39, 0.29) is 11.9 Å². The van der Waals surface area contributed by atoms with Gasteiger partial charge in [-0.05, 0) is 32.6 Å². The van der Waals surface area contributed by atoms with E-state index in [4.69, 9.17) is 9.47 Å². The Hall–Kier alpha value is -1.32. The van der Waals surface area contributed by atoms with Crippen LogP contribution < -0.4 is 0 Å². The van der Waals surface area contributed by atoms with Gasteiger partial charge >= 0.3 is 11.9 Å². The third kappa shape index (κ3) is 10.9. The molecule has 0 bridgehead atoms. The molecule has 1 aliphatic rings. The molecule has 4 nitrogen and oxygen atoms in total. The molecule has 0 spiro atoms. The molecule has 0 aliphatic heterocycles. The molecule has 0 amide bonds. The van der Waals surface area contributed by atoms with Crippen molar-refractivity contribution in [3.05, 3.63) is 11.6 Å². The SMILES string of the molecule is CCCCCCCCOC(=O)C1CCC=C(C)C1C(=O)OCCCCCCCC. The van der Waals surface area contributed by atoms with Crippen molar-refractivity contribution in [1.29, 1.82) is 0 Å². The molecule has 0 saturated heterocycles. The van der Waals surface area contributed by atoms with Gasteiger partial charge in [0.2, 0.25) is 0 Å². The van der Waals surface area contributed by atoms with Crippen LogP contribution in [0.1, 0.15) is 111 Å². The van der Waals surface area contributed by atoms with Crippen LogP contribution in [0, 0.1) is 11.8 Å². The molecule has 1 rings (SSSR count). The molecule has 168 valence electrons. The summed E-state index contributed by atoms with van der Waals surface area (Å²) in [5, 5.41) is 0. The van der Waals surface area contributed by atoms with Gasteiger partial charge in [0, 0.05) is 0 Å². The zero-order valence-electron chi connectivity index (χ0n) is 19.2. The van der Waals surface area contributed by atoms with Gasteiger partial charge in [-0.3, -0.25) is 9.59 Å². The van der Waals surface area contributed by atoms with Crippen molar-refractivity contribution in [2.75, 3.05) is 13.2 Å². The maximum absolute atomic E-state index is 12.7. The van der Waals surface area contributed by atoms with Crippen LogP contribution >= 0.6 is 0 Å². The lowest BCUT2D eigenvalue weighted by atomic mass is 9.79. The molecule has 0 saturated carbocycles. The third-order valence-electron chi connectivity index (χ3n) is 5.88. The van der Waals surface area contributed by atoms with E-state index < -0.39 is 11.8 Å². The molecule has 0 fully saturated rings. The van der Waals surface area contributed by atoms with Crippen LogP contribution in [0.5, 0.6) is 0 Å². The van der Waals surface area contributed by atoms with Gasteiger partial charge in [-0.15, -0.1) is 0 Å². The smallest absolute Gasteiger partial charge is 0.313 e. The third-order valence-corrected chi connectivity index (χ3v) is 5.88. The highest BCUT2D eigenvalue weighted by Crippen LogP contribution is 2.32. The zero-order valence-corrected chi connectivity index (χ0v) is 19.2. The van der Waals surface area contributed by atoms with Crippen LogP contribution in [0.15, 0.2) is 11.6 Å². The Morgan fingerprint density at radius 1 is 0.793 bits per heavy atom. The second-order valence-electron chi connectivity index (χ2n) is 8.48. The van der Waals surface area contributed by atoms with Crippen LogP contribution in [-0.4, -0.2) is 25.2 Å². The van der Waals surface area contributed by atoms with Gasteiger partial charge in [0.15, 0.2) is 0 Å². The van der Waals surface area contributed by atoms with Crippen LogP contribution in [0.3, 0.4) is 0 Å². The summed E-state index contributed by atoms with van der Waals surface area (Å²) in [6.45, 7) is 7.26. The first-order valence-corrected chi connectivity index (χ1v) is 12.1. The number of unbranched alkanes of at least 4 members (excludes halogenated alkanes) is 10. The summed E-state index contributed by atoms with van der Waals surface area (Å²) in [4.78, 5) is 25.3. The average molecular weight is 409 g/mol. The van der Waals surface area contributed by atoms with Gasteiger partial charge in [0.05, 0.1) is 25.0 Å². The molecule has 0 aromatic heterocycles. The monoisotopic (exact) mass is 408 g/mol. The van der Waals surface area contributed by atoms with E-state index in [0.29, 0.717) is 19.6 Å². The number of hydrogen-bond donors (Lipinski definition) is 0. The van der Waals surface area contributed by atoms with Crippen molar-refractivity contribution >= 4 is 11.9 Å². The van der Waals surface area contributed by atoms with Crippen molar-refractivity contribution in [3.63, 3.8) is 0 Å². The summed E-state index contributed by atoms with van der Waals surface area (Å²) >= 11 is 0. The molecule has 2 atom stereocenters. The molecule has 29 heavy (non-hydrogen) atoms. The molecule has 0 radical (unpaired) electrons. The van der Waals surface area contributed by atoms with Crippen LogP contribution in [-0.2, 0) is 19.1 Å². The van der Waals surface area contributed by atoms with Gasteiger partial charge < -0.3 is 9.47 Å². The first-order chi connectivity index (χ1) is 14.1. The van der Waals surface area contributed by atoms with E-state index >= 15 is 0 Å². The number of hydrogen-bond acceptors (Lipinski definition) is 4. The second-order valence-corrected chi connectivity index (χ2v) is 8.48. The minimum Gasteiger partial charge on any atom is -0.465 e. The van der Waals surface area contributed by atoms with E-state index in [2.05, 4.69) is 19.9 Å². The normalized spacial score (nSPS) is 18.9. The number of allylic oxidation sites excluding steroid dienone is 1. The van der Waals surface area contributed by atoms with Gasteiger partial charge in [0.25, 0.3) is 0 Å². The van der Waals surface area contributed by atoms with E-state index in [1.807, 2.05) is 6.92 Å². The molecular formula is C25H44O4. The second kappa shape index (κ2) is 16.5. The first kappa shape index (κ1) is 25.7. The van der Waals surface area contributed by atoms with Gasteiger partial charge in [-0.2, -0.15) is 0 Å². The number of ether oxygens (including phenoxy) is 2. The maximum atomic E-state index is 12.7. The largest absolute Gasteiger partial charge is 0.465 e. The van der Waals surface area contributed by atoms with Crippen molar-refractivity contribution in [2.45, 2.75) is 111 Å². The highest BCUT2D eigenvalue weighted by molar-refractivity contribution is 5.84. The van der Waals surface area contributed by atoms with Crippen LogP contribution in [0.2, 0.25) is 0 Å². The zero-order chi connectivity index (χ0) is 21.3. The highest BCUT2D eigenvalue weighted by atomic mass is 16.5. The summed E-state index contributed by atoms with van der Waals surface area (Å²) in [6.07, 6.45) is 17.5. The van der Waals surface area contributed by atoms with Crippen molar-refractivity contribution in [3.8, 4) is 0 Å². The molecule has 0 aromatic carbocycles. The number of esters is 2. The number of carbonyl (C=O) groups excluding carboxylic acids is 2. The summed E-state index contributed by atoms with van der Waals surface area (Å²) in [7, 11) is 0. The fourth-order valence-electron chi connectivity index (χ4n) is 4.01. The summed E-state index contributed by atoms with van der Waals surface area (Å²) < 4.78 is 11.1. The number of rotatable bonds is 16. The van der Waals surface area contributed by atoms with E-state index in [1.54, 1.807) is 0 Å². The Morgan fingerprint density at radius 2 is 1.28 bits per heavy atom. The Balaban J connectivity index is 2.35. The summed E-state index contributed by atoms with van der Waals surface area (Å²) in [5.74, 6) is -1.35. The predicted octanol–water partition coefficient (Wildman–Crippen LogP) is 6.77. The molecule has 1 aliphatic carbocycles. The van der Waals surface area contributed by atoms with E-state index in [0.717, 1.165) is 37.7 Å². The van der Waals surface area contributed by atoms with E-state index in [9.17, 15) is 9.59 Å². The lowest BCUT2D eigenvalue weighted by molar-refractivity contribution is -0.160. The average Bonchev–Trinajstić information content (AvgIpc) is 2.72. The Bertz CT molecular complexity index is 483. The number of carbonyl (C=O) groups is 2. The molecule has 2 unspecified atom stereocenters. The Labute approximate surface area is 178 Å². The lowest BCUT2D eigenvalue weighted by Crippen LogP contribution is -2.35. The first-order valence-electron chi connectivity index (χ1n) is 12.1. The van der Waals surface area contributed by atoms with Crippen molar-refractivity contribution < 1.29 is 19.1 Å². The maximum Gasteiger partial charge on any atom is 0.313 e. The Kier molecular flexibility index (Phi) is 14.6. The Morgan fingerprint density at radius 3 is 1.83 bits per heavy atom. The van der Waals surface area contributed by atoms with Gasteiger partial charge in [0.1, 0.15) is 0 Å². The molecule has 0 aromatic rings. The fourth-order valence-corrected chi connectivity index (χ4v) is 4.01. The topological polar surface area (TPSA) is 52.6 Å². The summed E-state index contributed by atoms with van der Waals surface area (Å²) in [5.41, 5.74) is 0.950. The lowest BCUT2D eigenvalue weighted by Gasteiger charge is -2.28. The molecule has 0 heterocycles.